The van der Waals surface area contributed by atoms with E-state index < -0.39 is 7.82 Å². The van der Waals surface area contributed by atoms with Crippen LogP contribution in [0.1, 0.15) is 70.9 Å². The molecular formula is C21H36NO5P. The predicted octanol–water partition coefficient (Wildman–Crippen LogP) is 4.82. The van der Waals surface area contributed by atoms with Crippen LogP contribution in [0.5, 0.6) is 0 Å². The van der Waals surface area contributed by atoms with Crippen LogP contribution in [0.4, 0.5) is 0 Å². The topological polar surface area (TPSA) is 84.9 Å². The highest BCUT2D eigenvalue weighted by Crippen LogP contribution is 2.44. The third-order valence-electron chi connectivity index (χ3n) is 4.53. The lowest BCUT2D eigenvalue weighted by Gasteiger charge is -2.16. The van der Waals surface area contributed by atoms with Crippen molar-refractivity contribution in [2.75, 3.05) is 13.2 Å². The van der Waals surface area contributed by atoms with Crippen molar-refractivity contribution >= 4 is 13.7 Å². The smallest absolute Gasteiger partial charge is 0.356 e. The molecule has 0 heterocycles. The monoisotopic (exact) mass is 413 g/mol. The largest absolute Gasteiger partial charge is 0.472 e. The van der Waals surface area contributed by atoms with Gasteiger partial charge in [0.2, 0.25) is 5.91 Å². The molecular weight excluding hydrogens is 377 g/mol. The Morgan fingerprint density at radius 3 is 2.36 bits per heavy atom. The first-order valence-corrected chi connectivity index (χ1v) is 11.7. The zero-order valence-electron chi connectivity index (χ0n) is 17.8. The van der Waals surface area contributed by atoms with E-state index in [-0.39, 0.29) is 24.5 Å². The number of carbonyl (C=O) groups excluding carboxylic acids is 1. The minimum absolute atomic E-state index is 0.0227. The summed E-state index contributed by atoms with van der Waals surface area (Å²) in [5.41, 5.74) is 2.28. The van der Waals surface area contributed by atoms with Gasteiger partial charge in [-0.2, -0.15) is 0 Å². The highest BCUT2D eigenvalue weighted by molar-refractivity contribution is 7.47. The number of rotatable bonds is 13. The summed E-state index contributed by atoms with van der Waals surface area (Å²) in [6, 6.07) is 8.22. The maximum Gasteiger partial charge on any atom is 0.472 e. The van der Waals surface area contributed by atoms with Gasteiger partial charge in [0, 0.05) is 6.54 Å². The molecule has 7 heteroatoms. The van der Waals surface area contributed by atoms with E-state index in [0.717, 1.165) is 12.0 Å². The van der Waals surface area contributed by atoms with Crippen LogP contribution in [0.25, 0.3) is 0 Å². The van der Waals surface area contributed by atoms with Crippen molar-refractivity contribution in [1.29, 1.82) is 0 Å². The maximum absolute atomic E-state index is 12.3. The highest BCUT2D eigenvalue weighted by Gasteiger charge is 2.23. The summed E-state index contributed by atoms with van der Waals surface area (Å²) in [6.45, 7) is 10.5. The van der Waals surface area contributed by atoms with Crippen molar-refractivity contribution in [2.45, 2.75) is 72.3 Å². The quantitative estimate of drug-likeness (QED) is 0.358. The Kier molecular flexibility index (Phi) is 11.0. The van der Waals surface area contributed by atoms with Gasteiger partial charge >= 0.3 is 7.82 Å². The fraction of sp³-hybridized carbons (Fsp3) is 0.667. The van der Waals surface area contributed by atoms with Gasteiger partial charge in [-0.25, -0.2) is 4.57 Å². The van der Waals surface area contributed by atoms with Gasteiger partial charge in [0.15, 0.2) is 0 Å². The molecule has 160 valence electrons. The first-order chi connectivity index (χ1) is 13.1. The fourth-order valence-electron chi connectivity index (χ4n) is 2.67. The molecule has 1 aromatic rings. The van der Waals surface area contributed by atoms with E-state index in [2.05, 4.69) is 31.3 Å². The van der Waals surface area contributed by atoms with Crippen LogP contribution in [-0.4, -0.2) is 30.1 Å². The number of phosphoric acid groups is 1. The second-order valence-electron chi connectivity index (χ2n) is 7.69. The molecule has 3 unspecified atom stereocenters. The number of phosphoric ester groups is 1. The van der Waals surface area contributed by atoms with Gasteiger partial charge in [-0.1, -0.05) is 45.0 Å². The van der Waals surface area contributed by atoms with E-state index in [1.165, 1.54) is 5.56 Å². The van der Waals surface area contributed by atoms with Gasteiger partial charge < -0.3 is 10.2 Å². The van der Waals surface area contributed by atoms with Gasteiger partial charge in [-0.15, -0.1) is 0 Å². The van der Waals surface area contributed by atoms with E-state index in [1.807, 2.05) is 26.0 Å². The van der Waals surface area contributed by atoms with E-state index in [1.54, 1.807) is 6.92 Å². The third-order valence-corrected chi connectivity index (χ3v) is 5.66. The molecule has 0 bridgehead atoms. The first-order valence-electron chi connectivity index (χ1n) is 10.2. The van der Waals surface area contributed by atoms with E-state index in [0.29, 0.717) is 31.7 Å². The Bertz CT molecular complexity index is 632. The minimum Gasteiger partial charge on any atom is -0.356 e. The Morgan fingerprint density at radius 2 is 1.79 bits per heavy atom. The molecule has 0 aliphatic rings. The van der Waals surface area contributed by atoms with E-state index in [9.17, 15) is 14.3 Å². The molecule has 1 rings (SSSR count). The molecule has 0 saturated heterocycles. The first kappa shape index (κ1) is 24.8. The predicted molar refractivity (Wildman–Crippen MR) is 112 cm³/mol. The number of hydrogen-bond donors (Lipinski definition) is 2. The fourth-order valence-corrected chi connectivity index (χ4v) is 3.69. The summed E-state index contributed by atoms with van der Waals surface area (Å²) >= 11 is 0. The summed E-state index contributed by atoms with van der Waals surface area (Å²) in [4.78, 5) is 21.9. The molecule has 3 atom stereocenters. The second-order valence-corrected chi connectivity index (χ2v) is 9.09. The molecule has 0 radical (unpaired) electrons. The van der Waals surface area contributed by atoms with Crippen LogP contribution < -0.4 is 5.32 Å². The molecule has 0 aromatic heterocycles. The number of hydrogen-bond acceptors (Lipinski definition) is 4. The van der Waals surface area contributed by atoms with Crippen molar-refractivity contribution < 1.29 is 23.3 Å². The molecule has 0 aliphatic heterocycles. The zero-order valence-corrected chi connectivity index (χ0v) is 18.7. The van der Waals surface area contributed by atoms with Gasteiger partial charge in [-0.3, -0.25) is 13.8 Å². The zero-order chi connectivity index (χ0) is 21.2. The average molecular weight is 413 g/mol. The minimum atomic E-state index is -3.99. The Morgan fingerprint density at radius 1 is 1.14 bits per heavy atom. The van der Waals surface area contributed by atoms with Crippen molar-refractivity contribution in [3.05, 3.63) is 35.4 Å². The lowest BCUT2D eigenvalue weighted by molar-refractivity contribution is -0.122. The second kappa shape index (κ2) is 12.4. The summed E-state index contributed by atoms with van der Waals surface area (Å²) in [5.74, 6) is 0.369. The molecule has 0 saturated carbocycles. The van der Waals surface area contributed by atoms with Crippen LogP contribution in [0, 0.1) is 5.92 Å². The number of benzene rings is 1. The third kappa shape index (κ3) is 9.83. The van der Waals surface area contributed by atoms with Crippen LogP contribution in [0.2, 0.25) is 0 Å². The number of unbranched alkanes of at least 4 members (excludes halogenated alkanes) is 1. The lowest BCUT2D eigenvalue weighted by Crippen LogP contribution is -2.29. The molecule has 6 nitrogen and oxygen atoms in total. The summed E-state index contributed by atoms with van der Waals surface area (Å²) < 4.78 is 21.6. The number of carbonyl (C=O) groups is 1. The van der Waals surface area contributed by atoms with E-state index in [4.69, 9.17) is 9.05 Å². The number of amides is 1. The highest BCUT2D eigenvalue weighted by atomic mass is 31.2. The van der Waals surface area contributed by atoms with Crippen LogP contribution in [0.3, 0.4) is 0 Å². The molecule has 0 spiro atoms. The van der Waals surface area contributed by atoms with Crippen molar-refractivity contribution in [3.8, 4) is 0 Å². The molecule has 2 N–H and O–H groups in total. The van der Waals surface area contributed by atoms with Crippen molar-refractivity contribution in [3.63, 3.8) is 0 Å². The van der Waals surface area contributed by atoms with Crippen LogP contribution >= 0.6 is 7.82 Å². The Balaban J connectivity index is 2.28. The molecule has 0 aliphatic carbocycles. The van der Waals surface area contributed by atoms with Gasteiger partial charge in [0.1, 0.15) is 0 Å². The standard InChI is InChI=1S/C21H36NO5P/c1-6-17(4)27-28(24,25)26-14-8-7-13-22-21(23)18(5)20-11-9-19(10-12-20)15-16(2)3/h9-12,16-18H,6-8,13-15H2,1-5H3,(H,22,23)(H,24,25). The molecule has 1 aromatic carbocycles. The van der Waals surface area contributed by atoms with Gasteiger partial charge in [0.25, 0.3) is 0 Å². The normalized spacial score (nSPS) is 15.8. The molecule has 0 fully saturated rings. The Labute approximate surface area is 169 Å². The van der Waals surface area contributed by atoms with Crippen LogP contribution in [-0.2, 0) is 24.8 Å². The van der Waals surface area contributed by atoms with Gasteiger partial charge in [0.05, 0.1) is 18.6 Å². The van der Waals surface area contributed by atoms with Crippen molar-refractivity contribution in [2.24, 2.45) is 5.92 Å². The summed E-state index contributed by atoms with van der Waals surface area (Å²) in [6.07, 6.45) is 2.57. The summed E-state index contributed by atoms with van der Waals surface area (Å²) in [7, 11) is -3.99. The Hall–Kier alpha value is -1.20. The van der Waals surface area contributed by atoms with Gasteiger partial charge in [-0.05, 0) is 56.6 Å². The maximum atomic E-state index is 12.3. The molecule has 28 heavy (non-hydrogen) atoms. The summed E-state index contributed by atoms with van der Waals surface area (Å²) in [5, 5.41) is 2.91. The SMILES string of the molecule is CCC(C)OP(=O)(O)OCCCCNC(=O)C(C)c1ccc(CC(C)C)cc1. The van der Waals surface area contributed by atoms with Crippen LogP contribution in [0.15, 0.2) is 24.3 Å². The lowest BCUT2D eigenvalue weighted by atomic mass is 9.96. The average Bonchev–Trinajstić information content (AvgIpc) is 2.63. The molecule has 1 amide bonds. The van der Waals surface area contributed by atoms with Crippen molar-refractivity contribution in [1.82, 2.24) is 5.32 Å². The number of nitrogens with one attached hydrogen (secondary N) is 1. The van der Waals surface area contributed by atoms with E-state index >= 15 is 0 Å².